The van der Waals surface area contributed by atoms with Gasteiger partial charge in [-0.2, -0.15) is 0 Å². The van der Waals surface area contributed by atoms with Crippen molar-refractivity contribution in [2.75, 3.05) is 5.75 Å². The molecule has 0 radical (unpaired) electrons. The Hall–Kier alpha value is -0.760. The number of benzene rings is 1. The molecule has 0 N–H and O–H groups in total. The van der Waals surface area contributed by atoms with Crippen LogP contribution < -0.4 is 0 Å². The van der Waals surface area contributed by atoms with Crippen molar-refractivity contribution in [2.45, 2.75) is 11.3 Å². The largest absolute Gasteiger partial charge is 0.298 e. The molecule has 1 heterocycles. The van der Waals surface area contributed by atoms with Gasteiger partial charge in [-0.1, -0.05) is 12.1 Å². The molecule has 0 saturated carbocycles. The van der Waals surface area contributed by atoms with E-state index in [2.05, 4.69) is 6.07 Å². The number of thioether (sulfide) groups is 1. The topological polar surface area (TPSA) is 17.1 Å². The van der Waals surface area contributed by atoms with E-state index >= 15 is 0 Å². The first-order valence-electron chi connectivity index (χ1n) is 3.61. The third kappa shape index (κ3) is 1.18. The van der Waals surface area contributed by atoms with Gasteiger partial charge in [0.1, 0.15) is 6.29 Å². The minimum absolute atomic E-state index is 0.790. The van der Waals surface area contributed by atoms with Crippen molar-refractivity contribution in [3.63, 3.8) is 0 Å². The molecule has 0 aromatic heterocycles. The van der Waals surface area contributed by atoms with Gasteiger partial charge in [-0.3, -0.25) is 4.79 Å². The zero-order valence-corrected chi connectivity index (χ0v) is 6.86. The highest BCUT2D eigenvalue weighted by Crippen LogP contribution is 2.31. The van der Waals surface area contributed by atoms with Crippen LogP contribution in [0.4, 0.5) is 0 Å². The number of carbonyl (C=O) groups excluding carboxylic acids is 1. The highest BCUT2D eigenvalue weighted by Gasteiger charge is 2.10. The maximum Gasteiger partial charge on any atom is 0.150 e. The molecule has 0 bridgehead atoms. The smallest absolute Gasteiger partial charge is 0.150 e. The molecule has 1 aromatic carbocycles. The number of hydrogen-bond donors (Lipinski definition) is 0. The summed E-state index contributed by atoms with van der Waals surface area (Å²) in [6, 6.07) is 5.91. The van der Waals surface area contributed by atoms with Gasteiger partial charge in [-0.15, -0.1) is 11.8 Å². The number of rotatable bonds is 1. The number of carbonyl (C=O) groups is 1. The summed E-state index contributed by atoms with van der Waals surface area (Å²) in [5.41, 5.74) is 2.18. The van der Waals surface area contributed by atoms with Gasteiger partial charge in [0, 0.05) is 16.2 Å². The summed E-state index contributed by atoms with van der Waals surface area (Å²) in [7, 11) is 0. The van der Waals surface area contributed by atoms with Crippen molar-refractivity contribution in [1.82, 2.24) is 0 Å². The first kappa shape index (κ1) is 6.92. The Bertz CT molecular complexity index is 294. The molecule has 1 aliphatic rings. The maximum absolute atomic E-state index is 10.4. The average Bonchev–Trinajstić information content (AvgIpc) is 2.50. The molecular weight excluding hydrogens is 156 g/mol. The monoisotopic (exact) mass is 164 g/mol. The van der Waals surface area contributed by atoms with Gasteiger partial charge in [0.25, 0.3) is 0 Å². The van der Waals surface area contributed by atoms with Crippen LogP contribution >= 0.6 is 11.8 Å². The Labute approximate surface area is 69.8 Å². The van der Waals surface area contributed by atoms with Gasteiger partial charge in [0.2, 0.25) is 0 Å². The van der Waals surface area contributed by atoms with E-state index in [0.29, 0.717) is 0 Å². The van der Waals surface area contributed by atoms with Crippen molar-refractivity contribution in [2.24, 2.45) is 0 Å². The molecule has 2 rings (SSSR count). The van der Waals surface area contributed by atoms with E-state index in [1.54, 1.807) is 0 Å². The highest BCUT2D eigenvalue weighted by atomic mass is 32.2. The van der Waals surface area contributed by atoms with Crippen LogP contribution in [0, 0.1) is 0 Å². The summed E-state index contributed by atoms with van der Waals surface area (Å²) < 4.78 is 0. The molecule has 0 fully saturated rings. The fourth-order valence-electron chi connectivity index (χ4n) is 1.26. The lowest BCUT2D eigenvalue weighted by atomic mass is 10.1. The molecule has 1 aromatic rings. The lowest BCUT2D eigenvalue weighted by Crippen LogP contribution is -1.83. The summed E-state index contributed by atoms with van der Waals surface area (Å²) in [5, 5.41) is 0. The second-order valence-electron chi connectivity index (χ2n) is 2.58. The van der Waals surface area contributed by atoms with Crippen LogP contribution in [-0.2, 0) is 6.42 Å². The van der Waals surface area contributed by atoms with E-state index < -0.39 is 0 Å². The fourth-order valence-corrected chi connectivity index (χ4v) is 2.37. The van der Waals surface area contributed by atoms with Crippen LogP contribution in [0.3, 0.4) is 0 Å². The second-order valence-corrected chi connectivity index (χ2v) is 3.72. The highest BCUT2D eigenvalue weighted by molar-refractivity contribution is 7.99. The predicted molar refractivity (Wildman–Crippen MR) is 46.3 cm³/mol. The van der Waals surface area contributed by atoms with Crippen LogP contribution in [-0.4, -0.2) is 12.0 Å². The minimum Gasteiger partial charge on any atom is -0.298 e. The van der Waals surface area contributed by atoms with E-state index in [1.807, 2.05) is 23.9 Å². The maximum atomic E-state index is 10.4. The number of hydrogen-bond acceptors (Lipinski definition) is 2. The molecule has 0 atom stereocenters. The molecule has 2 heteroatoms. The van der Waals surface area contributed by atoms with Crippen molar-refractivity contribution in [3.8, 4) is 0 Å². The van der Waals surface area contributed by atoms with E-state index in [0.717, 1.165) is 24.0 Å². The first-order valence-corrected chi connectivity index (χ1v) is 4.59. The van der Waals surface area contributed by atoms with Crippen LogP contribution in [0.1, 0.15) is 15.9 Å². The lowest BCUT2D eigenvalue weighted by molar-refractivity contribution is 0.112. The molecular formula is C9H8OS. The Morgan fingerprint density at radius 3 is 3.18 bits per heavy atom. The molecule has 0 spiro atoms. The SMILES string of the molecule is O=Cc1ccc2c(c1)SCC2. The first-order chi connectivity index (χ1) is 5.40. The number of fused-ring (bicyclic) bond motifs is 1. The quantitative estimate of drug-likeness (QED) is 0.591. The van der Waals surface area contributed by atoms with Crippen molar-refractivity contribution in [3.05, 3.63) is 29.3 Å². The van der Waals surface area contributed by atoms with Gasteiger partial charge in [0.15, 0.2) is 0 Å². The molecule has 0 aliphatic carbocycles. The van der Waals surface area contributed by atoms with Gasteiger partial charge in [-0.05, 0) is 18.1 Å². The summed E-state index contributed by atoms with van der Waals surface area (Å²) in [6.07, 6.45) is 2.05. The third-order valence-corrected chi connectivity index (χ3v) is 2.96. The summed E-state index contributed by atoms with van der Waals surface area (Å²) >= 11 is 1.84. The molecule has 0 amide bonds. The zero-order valence-electron chi connectivity index (χ0n) is 6.04. The third-order valence-electron chi connectivity index (χ3n) is 1.86. The number of aryl methyl sites for hydroxylation is 1. The Kier molecular flexibility index (Phi) is 1.70. The van der Waals surface area contributed by atoms with Crippen molar-refractivity contribution in [1.29, 1.82) is 0 Å². The van der Waals surface area contributed by atoms with Crippen LogP contribution in [0.15, 0.2) is 23.1 Å². The molecule has 1 nitrogen and oxygen atoms in total. The summed E-state index contributed by atoms with van der Waals surface area (Å²) in [4.78, 5) is 11.7. The molecule has 0 unspecified atom stereocenters. The van der Waals surface area contributed by atoms with E-state index in [1.165, 1.54) is 10.5 Å². The second kappa shape index (κ2) is 2.70. The van der Waals surface area contributed by atoms with Crippen molar-refractivity contribution >= 4 is 18.0 Å². The Morgan fingerprint density at radius 1 is 1.45 bits per heavy atom. The number of aldehydes is 1. The van der Waals surface area contributed by atoms with Gasteiger partial charge < -0.3 is 0 Å². The Balaban J connectivity index is 2.48. The zero-order chi connectivity index (χ0) is 7.68. The van der Waals surface area contributed by atoms with Crippen LogP contribution in [0.25, 0.3) is 0 Å². The fraction of sp³-hybridized carbons (Fsp3) is 0.222. The Morgan fingerprint density at radius 2 is 2.36 bits per heavy atom. The van der Waals surface area contributed by atoms with E-state index in [-0.39, 0.29) is 0 Å². The van der Waals surface area contributed by atoms with Gasteiger partial charge >= 0.3 is 0 Å². The molecule has 11 heavy (non-hydrogen) atoms. The van der Waals surface area contributed by atoms with Crippen LogP contribution in [0.5, 0.6) is 0 Å². The average molecular weight is 164 g/mol. The lowest BCUT2D eigenvalue weighted by Gasteiger charge is -1.96. The van der Waals surface area contributed by atoms with Gasteiger partial charge in [0.05, 0.1) is 0 Å². The van der Waals surface area contributed by atoms with Crippen molar-refractivity contribution < 1.29 is 4.79 Å². The predicted octanol–water partition coefficient (Wildman–Crippen LogP) is 2.15. The summed E-state index contributed by atoms with van der Waals surface area (Å²) in [6.45, 7) is 0. The molecule has 1 aliphatic heterocycles. The van der Waals surface area contributed by atoms with Crippen LogP contribution in [0.2, 0.25) is 0 Å². The minimum atomic E-state index is 0.790. The molecule has 56 valence electrons. The van der Waals surface area contributed by atoms with E-state index in [4.69, 9.17) is 0 Å². The van der Waals surface area contributed by atoms with E-state index in [9.17, 15) is 4.79 Å². The standard InChI is InChI=1S/C9H8OS/c10-6-7-1-2-8-3-4-11-9(8)5-7/h1-2,5-6H,3-4H2. The molecule has 0 saturated heterocycles. The van der Waals surface area contributed by atoms with Gasteiger partial charge in [-0.25, -0.2) is 0 Å². The normalized spacial score (nSPS) is 14.5. The summed E-state index contributed by atoms with van der Waals surface area (Å²) in [5.74, 6) is 1.16.